The van der Waals surface area contributed by atoms with Crippen molar-refractivity contribution in [3.05, 3.63) is 58.0 Å². The third-order valence-electron chi connectivity index (χ3n) is 4.60. The van der Waals surface area contributed by atoms with E-state index < -0.39 is 11.2 Å². The van der Waals surface area contributed by atoms with Gasteiger partial charge in [-0.15, -0.1) is 0 Å². The zero-order valence-electron chi connectivity index (χ0n) is 13.7. The normalized spacial score (nSPS) is 21.3. The molecule has 0 saturated carbocycles. The van der Waals surface area contributed by atoms with Crippen molar-refractivity contribution in [2.45, 2.75) is 33.2 Å². The Morgan fingerprint density at radius 2 is 1.78 bits per heavy atom. The van der Waals surface area contributed by atoms with E-state index in [0.717, 1.165) is 47.6 Å². The first-order valence-electron chi connectivity index (χ1n) is 8.15. The number of aromatic nitrogens is 1. The van der Waals surface area contributed by atoms with Gasteiger partial charge in [-0.2, -0.15) is 0 Å². The lowest BCUT2D eigenvalue weighted by Crippen LogP contribution is -2.26. The molecule has 1 fully saturated rings. The van der Waals surface area contributed by atoms with Crippen molar-refractivity contribution in [1.29, 1.82) is 0 Å². The smallest absolute Gasteiger partial charge is 0.192 e. The Kier molecular flexibility index (Phi) is 4.93. The Balaban J connectivity index is 1.87. The van der Waals surface area contributed by atoms with Gasteiger partial charge in [-0.05, 0) is 38.2 Å². The molecule has 0 radical (unpaired) electrons. The topological polar surface area (TPSA) is 45.1 Å². The Hall–Kier alpha value is -1.52. The molecule has 1 saturated heterocycles. The minimum atomic E-state index is -0.623. The van der Waals surface area contributed by atoms with Crippen molar-refractivity contribution in [3.63, 3.8) is 0 Å². The quantitative estimate of drug-likeness (QED) is 0.811. The number of benzene rings is 1. The second-order valence-corrected chi connectivity index (χ2v) is 8.23. The fraction of sp³-hybridized carbons (Fsp3) is 0.421. The van der Waals surface area contributed by atoms with Crippen LogP contribution in [0, 0.1) is 19.8 Å². The number of pyridine rings is 1. The molecule has 0 aliphatic carbocycles. The largest absolute Gasteiger partial charge is 0.616 e. The van der Waals surface area contributed by atoms with Crippen LogP contribution in [0.15, 0.2) is 41.5 Å². The average molecular weight is 329 g/mol. The number of aryl methyl sites for hydroxylation is 2. The molecule has 0 N–H and O–H groups in total. The fourth-order valence-electron chi connectivity index (χ4n) is 3.15. The number of rotatable bonds is 3. The van der Waals surface area contributed by atoms with Gasteiger partial charge in [0.05, 0.1) is 0 Å². The average Bonchev–Trinajstić information content (AvgIpc) is 2.54. The lowest BCUT2D eigenvalue weighted by atomic mass is 10.0. The second kappa shape index (κ2) is 6.93. The standard InChI is InChI=1S/C19H23NO2S/c1-14-3-5-17(6-4-14)18-13-20(11-15(2)19(18)21)12-16-7-9-23(22)10-8-16/h3-6,11,13,16H,7-10,12H2,1-2H3. The van der Waals surface area contributed by atoms with E-state index in [1.54, 1.807) is 0 Å². The predicted octanol–water partition coefficient (Wildman–Crippen LogP) is 3.29. The Labute approximate surface area is 140 Å². The van der Waals surface area contributed by atoms with Crippen LogP contribution in [0.1, 0.15) is 24.0 Å². The first-order valence-corrected chi connectivity index (χ1v) is 9.64. The van der Waals surface area contributed by atoms with Crippen molar-refractivity contribution in [2.75, 3.05) is 11.5 Å². The maximum absolute atomic E-state index is 12.5. The molecule has 0 spiro atoms. The molecule has 122 valence electrons. The minimum absolute atomic E-state index is 0.106. The van der Waals surface area contributed by atoms with Gasteiger partial charge in [-0.1, -0.05) is 41.0 Å². The van der Waals surface area contributed by atoms with Crippen LogP contribution in [-0.4, -0.2) is 20.6 Å². The van der Waals surface area contributed by atoms with Gasteiger partial charge in [0, 0.05) is 30.1 Å². The first kappa shape index (κ1) is 16.3. The van der Waals surface area contributed by atoms with Crippen LogP contribution in [0.25, 0.3) is 11.1 Å². The molecule has 3 nitrogen and oxygen atoms in total. The van der Waals surface area contributed by atoms with Crippen molar-refractivity contribution in [2.24, 2.45) is 5.92 Å². The van der Waals surface area contributed by atoms with Gasteiger partial charge in [-0.3, -0.25) is 4.79 Å². The highest BCUT2D eigenvalue weighted by molar-refractivity contribution is 7.91. The summed E-state index contributed by atoms with van der Waals surface area (Å²) in [5, 5.41) is 0. The Bertz CT molecular complexity index is 728. The molecule has 23 heavy (non-hydrogen) atoms. The summed E-state index contributed by atoms with van der Waals surface area (Å²) < 4.78 is 13.6. The zero-order chi connectivity index (χ0) is 16.4. The SMILES string of the molecule is Cc1ccc(-c2cn(CC3CC[S+]([O-])CC3)cc(C)c2=O)cc1. The van der Waals surface area contributed by atoms with Crippen LogP contribution in [-0.2, 0) is 17.7 Å². The molecule has 0 bridgehead atoms. The van der Waals surface area contributed by atoms with E-state index in [-0.39, 0.29) is 5.43 Å². The van der Waals surface area contributed by atoms with Crippen molar-refractivity contribution in [3.8, 4) is 11.1 Å². The fourth-order valence-corrected chi connectivity index (χ4v) is 4.55. The Morgan fingerprint density at radius 1 is 1.13 bits per heavy atom. The van der Waals surface area contributed by atoms with E-state index >= 15 is 0 Å². The van der Waals surface area contributed by atoms with Gasteiger partial charge >= 0.3 is 0 Å². The van der Waals surface area contributed by atoms with E-state index in [1.807, 2.05) is 50.5 Å². The second-order valence-electron chi connectivity index (χ2n) is 6.54. The molecule has 0 unspecified atom stereocenters. The van der Waals surface area contributed by atoms with Gasteiger partial charge < -0.3 is 9.12 Å². The summed E-state index contributed by atoms with van der Waals surface area (Å²) in [6.07, 6.45) is 5.95. The van der Waals surface area contributed by atoms with Crippen LogP contribution >= 0.6 is 0 Å². The third-order valence-corrected chi connectivity index (χ3v) is 5.98. The molecular weight excluding hydrogens is 306 g/mol. The Morgan fingerprint density at radius 3 is 2.43 bits per heavy atom. The summed E-state index contributed by atoms with van der Waals surface area (Å²) in [6, 6.07) is 8.11. The molecular formula is C19H23NO2S. The van der Waals surface area contributed by atoms with Gasteiger partial charge in [0.25, 0.3) is 0 Å². The first-order chi connectivity index (χ1) is 11.0. The molecule has 1 aromatic heterocycles. The van der Waals surface area contributed by atoms with E-state index in [4.69, 9.17) is 0 Å². The van der Waals surface area contributed by atoms with E-state index in [2.05, 4.69) is 4.57 Å². The molecule has 3 rings (SSSR count). The lowest BCUT2D eigenvalue weighted by Gasteiger charge is -2.25. The number of hydrogen-bond donors (Lipinski definition) is 0. The molecule has 1 aliphatic heterocycles. The maximum Gasteiger partial charge on any atom is 0.192 e. The summed E-state index contributed by atoms with van der Waals surface area (Å²) in [7, 11) is 0. The summed E-state index contributed by atoms with van der Waals surface area (Å²) >= 11 is -0.623. The zero-order valence-corrected chi connectivity index (χ0v) is 14.6. The lowest BCUT2D eigenvalue weighted by molar-refractivity contribution is 0.402. The van der Waals surface area contributed by atoms with Gasteiger partial charge in [-0.25, -0.2) is 0 Å². The van der Waals surface area contributed by atoms with Crippen LogP contribution < -0.4 is 5.43 Å². The van der Waals surface area contributed by atoms with Crippen molar-refractivity contribution >= 4 is 11.2 Å². The minimum Gasteiger partial charge on any atom is -0.616 e. The number of hydrogen-bond acceptors (Lipinski definition) is 2. The van der Waals surface area contributed by atoms with Crippen molar-refractivity contribution in [1.82, 2.24) is 4.57 Å². The van der Waals surface area contributed by atoms with E-state index in [0.29, 0.717) is 5.92 Å². The molecule has 0 amide bonds. The van der Waals surface area contributed by atoms with E-state index in [1.165, 1.54) is 5.56 Å². The van der Waals surface area contributed by atoms with Crippen LogP contribution in [0.2, 0.25) is 0 Å². The van der Waals surface area contributed by atoms with Crippen LogP contribution in [0.4, 0.5) is 0 Å². The molecule has 0 atom stereocenters. The number of nitrogens with zero attached hydrogens (tertiary/aromatic N) is 1. The van der Waals surface area contributed by atoms with Crippen LogP contribution in [0.3, 0.4) is 0 Å². The summed E-state index contributed by atoms with van der Waals surface area (Å²) in [5.74, 6) is 2.18. The third kappa shape index (κ3) is 3.88. The highest BCUT2D eigenvalue weighted by Crippen LogP contribution is 2.22. The summed E-state index contributed by atoms with van der Waals surface area (Å²) in [6.45, 7) is 4.83. The highest BCUT2D eigenvalue weighted by Gasteiger charge is 2.22. The predicted molar refractivity (Wildman–Crippen MR) is 96.2 cm³/mol. The molecule has 2 aromatic rings. The summed E-state index contributed by atoms with van der Waals surface area (Å²) in [5.41, 5.74) is 3.82. The van der Waals surface area contributed by atoms with Gasteiger partial charge in [0.1, 0.15) is 11.5 Å². The maximum atomic E-state index is 12.5. The molecule has 2 heterocycles. The van der Waals surface area contributed by atoms with Crippen molar-refractivity contribution < 1.29 is 4.55 Å². The molecule has 1 aromatic carbocycles. The highest BCUT2D eigenvalue weighted by atomic mass is 32.2. The van der Waals surface area contributed by atoms with E-state index in [9.17, 15) is 9.35 Å². The summed E-state index contributed by atoms with van der Waals surface area (Å²) in [4.78, 5) is 12.5. The van der Waals surface area contributed by atoms with Gasteiger partial charge in [0.15, 0.2) is 5.43 Å². The monoisotopic (exact) mass is 329 g/mol. The molecule has 1 aliphatic rings. The van der Waals surface area contributed by atoms with Crippen LogP contribution in [0.5, 0.6) is 0 Å². The van der Waals surface area contributed by atoms with Gasteiger partial charge in [0.2, 0.25) is 0 Å². The molecule has 4 heteroatoms.